The molecule has 0 saturated carbocycles. The SMILES string of the molecule is O=C1CC(S)CN1c1cc(C(F)(F)F)ncn1. The Balaban J connectivity index is 2.31. The molecule has 1 aromatic rings. The van der Waals surface area contributed by atoms with Crippen LogP contribution in [0.3, 0.4) is 0 Å². The Labute approximate surface area is 100 Å². The summed E-state index contributed by atoms with van der Waals surface area (Å²) in [4.78, 5) is 19.5. The van der Waals surface area contributed by atoms with Gasteiger partial charge in [-0.15, -0.1) is 0 Å². The van der Waals surface area contributed by atoms with Gasteiger partial charge >= 0.3 is 6.18 Å². The Morgan fingerprint density at radius 1 is 1.41 bits per heavy atom. The highest BCUT2D eigenvalue weighted by molar-refractivity contribution is 7.81. The lowest BCUT2D eigenvalue weighted by atomic mass is 10.3. The highest BCUT2D eigenvalue weighted by Gasteiger charge is 2.35. The van der Waals surface area contributed by atoms with Crippen molar-refractivity contribution in [1.29, 1.82) is 0 Å². The van der Waals surface area contributed by atoms with Gasteiger partial charge in [-0.05, 0) is 0 Å². The molecular formula is C9H8F3N3OS. The largest absolute Gasteiger partial charge is 0.433 e. The van der Waals surface area contributed by atoms with Crippen molar-refractivity contribution in [3.8, 4) is 0 Å². The minimum Gasteiger partial charge on any atom is -0.296 e. The number of aromatic nitrogens is 2. The van der Waals surface area contributed by atoms with Gasteiger partial charge in [0.2, 0.25) is 5.91 Å². The van der Waals surface area contributed by atoms with Crippen molar-refractivity contribution < 1.29 is 18.0 Å². The fourth-order valence-corrected chi connectivity index (χ4v) is 1.88. The van der Waals surface area contributed by atoms with Crippen LogP contribution in [0.2, 0.25) is 0 Å². The predicted octanol–water partition coefficient (Wildman–Crippen LogP) is 1.53. The van der Waals surface area contributed by atoms with E-state index in [9.17, 15) is 18.0 Å². The average molecular weight is 263 g/mol. The molecule has 0 radical (unpaired) electrons. The van der Waals surface area contributed by atoms with Gasteiger partial charge in [0.1, 0.15) is 17.8 Å². The van der Waals surface area contributed by atoms with Gasteiger partial charge < -0.3 is 0 Å². The van der Waals surface area contributed by atoms with Gasteiger partial charge in [-0.25, -0.2) is 9.97 Å². The number of nitrogens with zero attached hydrogens (tertiary/aromatic N) is 3. The Kier molecular flexibility index (Phi) is 2.98. The Morgan fingerprint density at radius 2 is 2.12 bits per heavy atom. The van der Waals surface area contributed by atoms with Crippen LogP contribution in [0.5, 0.6) is 0 Å². The second-order valence-electron chi connectivity index (χ2n) is 3.62. The van der Waals surface area contributed by atoms with Gasteiger partial charge in [0.15, 0.2) is 0 Å². The van der Waals surface area contributed by atoms with Crippen molar-refractivity contribution in [1.82, 2.24) is 9.97 Å². The van der Waals surface area contributed by atoms with Gasteiger partial charge in [0, 0.05) is 24.3 Å². The first-order valence-corrected chi connectivity index (χ1v) is 5.27. The van der Waals surface area contributed by atoms with E-state index in [0.717, 1.165) is 12.4 Å². The summed E-state index contributed by atoms with van der Waals surface area (Å²) in [5.41, 5.74) is -1.06. The standard InChI is InChI=1S/C9H8F3N3OS/c10-9(11,12)6-2-7(14-4-13-6)15-3-5(17)1-8(15)16/h2,4-5,17H,1,3H2. The van der Waals surface area contributed by atoms with Gasteiger partial charge in [-0.2, -0.15) is 25.8 Å². The summed E-state index contributed by atoms with van der Waals surface area (Å²) in [7, 11) is 0. The second kappa shape index (κ2) is 4.17. The maximum atomic E-state index is 12.4. The van der Waals surface area contributed by atoms with Crippen LogP contribution in [0.1, 0.15) is 12.1 Å². The molecular weight excluding hydrogens is 255 g/mol. The summed E-state index contributed by atoms with van der Waals surface area (Å²) in [5, 5.41) is -0.174. The Bertz CT molecular complexity index is 451. The van der Waals surface area contributed by atoms with E-state index in [0.29, 0.717) is 0 Å². The molecule has 1 aliphatic heterocycles. The van der Waals surface area contributed by atoms with Gasteiger partial charge in [-0.3, -0.25) is 9.69 Å². The van der Waals surface area contributed by atoms with Crippen LogP contribution in [0, 0.1) is 0 Å². The van der Waals surface area contributed by atoms with Crippen molar-refractivity contribution >= 4 is 24.4 Å². The van der Waals surface area contributed by atoms with E-state index < -0.39 is 11.9 Å². The molecule has 0 aliphatic carbocycles. The maximum absolute atomic E-state index is 12.4. The first-order valence-electron chi connectivity index (χ1n) is 4.75. The zero-order valence-electron chi connectivity index (χ0n) is 8.48. The number of carbonyl (C=O) groups is 1. The minimum atomic E-state index is -4.54. The van der Waals surface area contributed by atoms with E-state index in [2.05, 4.69) is 22.6 Å². The molecule has 1 fully saturated rings. The number of hydrogen-bond acceptors (Lipinski definition) is 4. The lowest BCUT2D eigenvalue weighted by molar-refractivity contribution is -0.141. The predicted molar refractivity (Wildman–Crippen MR) is 56.8 cm³/mol. The van der Waals surface area contributed by atoms with Crippen LogP contribution in [0.15, 0.2) is 12.4 Å². The van der Waals surface area contributed by atoms with Gasteiger partial charge in [-0.1, -0.05) is 0 Å². The number of anilines is 1. The molecule has 17 heavy (non-hydrogen) atoms. The molecule has 0 spiro atoms. The smallest absolute Gasteiger partial charge is 0.296 e. The summed E-state index contributed by atoms with van der Waals surface area (Å²) in [6.07, 6.45) is -3.54. The molecule has 1 amide bonds. The maximum Gasteiger partial charge on any atom is 0.433 e. The zero-order valence-corrected chi connectivity index (χ0v) is 9.37. The third-order valence-electron chi connectivity index (χ3n) is 2.32. The van der Waals surface area contributed by atoms with Crippen LogP contribution in [-0.2, 0) is 11.0 Å². The van der Waals surface area contributed by atoms with Crippen LogP contribution >= 0.6 is 12.6 Å². The Morgan fingerprint density at radius 3 is 2.65 bits per heavy atom. The van der Waals surface area contributed by atoms with Gasteiger partial charge in [0.05, 0.1) is 0 Å². The highest BCUT2D eigenvalue weighted by Crippen LogP contribution is 2.30. The van der Waals surface area contributed by atoms with E-state index in [4.69, 9.17) is 0 Å². The fraction of sp³-hybridized carbons (Fsp3) is 0.444. The molecule has 8 heteroatoms. The molecule has 1 atom stereocenters. The van der Waals surface area contributed by atoms with Crippen LogP contribution < -0.4 is 4.90 Å². The number of rotatable bonds is 1. The zero-order chi connectivity index (χ0) is 12.6. The van der Waals surface area contributed by atoms with Crippen molar-refractivity contribution in [2.24, 2.45) is 0 Å². The summed E-state index contributed by atoms with van der Waals surface area (Å²) in [6.45, 7) is 0.260. The fourth-order valence-electron chi connectivity index (χ4n) is 1.56. The number of amides is 1. The van der Waals surface area contributed by atoms with Crippen LogP contribution in [-0.4, -0.2) is 27.7 Å². The van der Waals surface area contributed by atoms with E-state index in [1.54, 1.807) is 0 Å². The first-order chi connectivity index (χ1) is 7.88. The molecule has 2 heterocycles. The topological polar surface area (TPSA) is 46.1 Å². The minimum absolute atomic E-state index is 0.0334. The van der Waals surface area contributed by atoms with Crippen LogP contribution in [0.4, 0.5) is 19.0 Å². The summed E-state index contributed by atoms with van der Waals surface area (Å²) >= 11 is 4.12. The van der Waals surface area contributed by atoms with E-state index >= 15 is 0 Å². The number of halogens is 3. The third kappa shape index (κ3) is 2.51. The monoisotopic (exact) mass is 263 g/mol. The molecule has 4 nitrogen and oxygen atoms in total. The van der Waals surface area contributed by atoms with E-state index in [1.807, 2.05) is 0 Å². The molecule has 0 aromatic carbocycles. The lowest BCUT2D eigenvalue weighted by Crippen LogP contribution is -2.26. The van der Waals surface area contributed by atoms with Crippen molar-refractivity contribution in [2.45, 2.75) is 17.8 Å². The van der Waals surface area contributed by atoms with E-state index in [-0.39, 0.29) is 29.9 Å². The summed E-state index contributed by atoms with van der Waals surface area (Å²) in [6, 6.07) is 0.768. The second-order valence-corrected chi connectivity index (χ2v) is 4.35. The normalized spacial score (nSPS) is 21.1. The first kappa shape index (κ1) is 12.2. The van der Waals surface area contributed by atoms with Crippen molar-refractivity contribution in [3.05, 3.63) is 18.1 Å². The van der Waals surface area contributed by atoms with Crippen molar-refractivity contribution in [3.63, 3.8) is 0 Å². The Hall–Kier alpha value is -1.31. The molecule has 1 unspecified atom stereocenters. The molecule has 2 rings (SSSR count). The molecule has 0 N–H and O–H groups in total. The molecule has 1 aromatic heterocycles. The number of thiol groups is 1. The molecule has 0 bridgehead atoms. The molecule has 92 valence electrons. The number of carbonyl (C=O) groups excluding carboxylic acids is 1. The summed E-state index contributed by atoms with van der Waals surface area (Å²) in [5.74, 6) is -0.314. The summed E-state index contributed by atoms with van der Waals surface area (Å²) < 4.78 is 37.3. The average Bonchev–Trinajstić information content (AvgIpc) is 2.57. The van der Waals surface area contributed by atoms with Crippen molar-refractivity contribution in [2.75, 3.05) is 11.4 Å². The molecule has 1 aliphatic rings. The highest BCUT2D eigenvalue weighted by atomic mass is 32.1. The van der Waals surface area contributed by atoms with Gasteiger partial charge in [0.25, 0.3) is 0 Å². The van der Waals surface area contributed by atoms with Crippen LogP contribution in [0.25, 0.3) is 0 Å². The molecule has 1 saturated heterocycles. The number of alkyl halides is 3. The quantitative estimate of drug-likeness (QED) is 0.782. The van der Waals surface area contributed by atoms with E-state index in [1.165, 1.54) is 4.90 Å². The number of hydrogen-bond donors (Lipinski definition) is 1. The third-order valence-corrected chi connectivity index (χ3v) is 2.67. The lowest BCUT2D eigenvalue weighted by Gasteiger charge is -2.15.